The summed E-state index contributed by atoms with van der Waals surface area (Å²) < 4.78 is 0. The molecule has 5 fully saturated rings. The molecule has 2 unspecified atom stereocenters. The minimum Gasteiger partial charge on any atom is -0.314 e. The van der Waals surface area contributed by atoms with Crippen molar-refractivity contribution in [3.8, 4) is 0 Å². The first-order chi connectivity index (χ1) is 8.79. The molecule has 4 bridgehead atoms. The van der Waals surface area contributed by atoms with Crippen LogP contribution in [0.15, 0.2) is 0 Å². The normalized spacial score (nSPS) is 54.2. The Labute approximate surface area is 112 Å². The monoisotopic (exact) mass is 247 g/mol. The standard InChI is InChI=1S/C17H29N/c1-2-18-16-5-3-4-15(16)17-9-12-6-13(10-17)8-14(7-12)11-17/h12-16,18H,2-11H2,1H3. The summed E-state index contributed by atoms with van der Waals surface area (Å²) >= 11 is 0. The Morgan fingerprint density at radius 1 is 0.944 bits per heavy atom. The van der Waals surface area contributed by atoms with Gasteiger partial charge in [0.25, 0.3) is 0 Å². The van der Waals surface area contributed by atoms with Gasteiger partial charge in [-0.2, -0.15) is 0 Å². The number of hydrogen-bond acceptors (Lipinski definition) is 1. The molecule has 1 heteroatoms. The van der Waals surface area contributed by atoms with Crippen LogP contribution >= 0.6 is 0 Å². The fraction of sp³-hybridized carbons (Fsp3) is 1.00. The first kappa shape index (κ1) is 11.8. The molecule has 18 heavy (non-hydrogen) atoms. The molecule has 0 aromatic carbocycles. The van der Waals surface area contributed by atoms with E-state index in [4.69, 9.17) is 0 Å². The van der Waals surface area contributed by atoms with Crippen LogP contribution in [0.5, 0.6) is 0 Å². The van der Waals surface area contributed by atoms with Gasteiger partial charge in [-0.15, -0.1) is 0 Å². The SMILES string of the molecule is CCNC1CCCC1C12CC3CC(CC(C3)C1)C2. The van der Waals surface area contributed by atoms with Gasteiger partial charge in [0.2, 0.25) is 0 Å². The quantitative estimate of drug-likeness (QED) is 0.795. The van der Waals surface area contributed by atoms with E-state index < -0.39 is 0 Å². The van der Waals surface area contributed by atoms with Gasteiger partial charge in [0, 0.05) is 6.04 Å². The summed E-state index contributed by atoms with van der Waals surface area (Å²) in [5.74, 6) is 4.41. The van der Waals surface area contributed by atoms with Gasteiger partial charge in [0.15, 0.2) is 0 Å². The summed E-state index contributed by atoms with van der Waals surface area (Å²) in [4.78, 5) is 0. The predicted molar refractivity (Wildman–Crippen MR) is 75.4 cm³/mol. The van der Waals surface area contributed by atoms with E-state index in [1.165, 1.54) is 25.8 Å². The van der Waals surface area contributed by atoms with E-state index in [-0.39, 0.29) is 0 Å². The maximum absolute atomic E-state index is 3.82. The summed E-state index contributed by atoms with van der Waals surface area (Å²) in [6.45, 7) is 3.46. The van der Waals surface area contributed by atoms with Crippen LogP contribution in [0, 0.1) is 29.1 Å². The molecule has 102 valence electrons. The maximum Gasteiger partial charge on any atom is 0.0100 e. The molecule has 0 spiro atoms. The highest BCUT2D eigenvalue weighted by atomic mass is 14.9. The third kappa shape index (κ3) is 1.69. The highest BCUT2D eigenvalue weighted by Crippen LogP contribution is 2.64. The third-order valence-electron chi connectivity index (χ3n) is 6.85. The molecule has 0 amide bonds. The van der Waals surface area contributed by atoms with Crippen LogP contribution in [0.3, 0.4) is 0 Å². The van der Waals surface area contributed by atoms with Crippen LogP contribution in [0.1, 0.15) is 64.7 Å². The van der Waals surface area contributed by atoms with Gasteiger partial charge in [-0.05, 0) is 87.0 Å². The fourth-order valence-corrected chi connectivity index (χ4v) is 6.83. The van der Waals surface area contributed by atoms with Crippen molar-refractivity contribution in [1.82, 2.24) is 5.32 Å². The van der Waals surface area contributed by atoms with Crippen LogP contribution in [0.4, 0.5) is 0 Å². The van der Waals surface area contributed by atoms with E-state index in [1.54, 1.807) is 38.5 Å². The van der Waals surface area contributed by atoms with Crippen molar-refractivity contribution in [2.75, 3.05) is 6.54 Å². The van der Waals surface area contributed by atoms with E-state index in [2.05, 4.69) is 12.2 Å². The zero-order valence-electron chi connectivity index (χ0n) is 12.0. The molecule has 0 aromatic heterocycles. The first-order valence-corrected chi connectivity index (χ1v) is 8.52. The van der Waals surface area contributed by atoms with E-state index in [1.807, 2.05) is 0 Å². The summed E-state index contributed by atoms with van der Waals surface area (Å²) in [5, 5.41) is 3.82. The molecule has 5 aliphatic rings. The van der Waals surface area contributed by atoms with Gasteiger partial charge < -0.3 is 5.32 Å². The number of hydrogen-bond donors (Lipinski definition) is 1. The molecule has 0 aliphatic heterocycles. The Kier molecular flexibility index (Phi) is 2.76. The van der Waals surface area contributed by atoms with Gasteiger partial charge in [-0.3, -0.25) is 0 Å². The summed E-state index contributed by atoms with van der Waals surface area (Å²) in [6, 6.07) is 0.867. The van der Waals surface area contributed by atoms with Crippen LogP contribution in [-0.4, -0.2) is 12.6 Å². The maximum atomic E-state index is 3.82. The van der Waals surface area contributed by atoms with Crippen molar-refractivity contribution in [3.05, 3.63) is 0 Å². The smallest absolute Gasteiger partial charge is 0.0100 e. The average molecular weight is 247 g/mol. The molecule has 0 saturated heterocycles. The Balaban J connectivity index is 1.59. The molecule has 5 rings (SSSR count). The molecule has 5 aliphatic carbocycles. The van der Waals surface area contributed by atoms with Crippen LogP contribution in [0.25, 0.3) is 0 Å². The Bertz CT molecular complexity index is 286. The minimum atomic E-state index is 0.790. The van der Waals surface area contributed by atoms with Gasteiger partial charge in [0.05, 0.1) is 0 Å². The van der Waals surface area contributed by atoms with Crippen molar-refractivity contribution >= 4 is 0 Å². The second kappa shape index (κ2) is 4.23. The average Bonchev–Trinajstić information content (AvgIpc) is 2.76. The second-order valence-electron chi connectivity index (χ2n) is 7.98. The lowest BCUT2D eigenvalue weighted by molar-refractivity contribution is -0.0910. The van der Waals surface area contributed by atoms with Crippen molar-refractivity contribution in [2.24, 2.45) is 29.1 Å². The zero-order chi connectivity index (χ0) is 12.2. The zero-order valence-corrected chi connectivity index (χ0v) is 12.0. The van der Waals surface area contributed by atoms with Crippen LogP contribution in [0.2, 0.25) is 0 Å². The molecule has 0 radical (unpaired) electrons. The molecule has 0 aromatic rings. The van der Waals surface area contributed by atoms with Crippen molar-refractivity contribution in [1.29, 1.82) is 0 Å². The lowest BCUT2D eigenvalue weighted by Crippen LogP contribution is -2.53. The van der Waals surface area contributed by atoms with Gasteiger partial charge in [0.1, 0.15) is 0 Å². The molecular formula is C17H29N. The summed E-state index contributed by atoms with van der Waals surface area (Å²) in [5.41, 5.74) is 0.790. The lowest BCUT2D eigenvalue weighted by Gasteiger charge is -2.60. The van der Waals surface area contributed by atoms with Crippen LogP contribution < -0.4 is 5.32 Å². The predicted octanol–water partition coefficient (Wildman–Crippen LogP) is 3.98. The highest BCUT2D eigenvalue weighted by Gasteiger charge is 2.55. The van der Waals surface area contributed by atoms with E-state index in [0.717, 1.165) is 35.1 Å². The summed E-state index contributed by atoms with van der Waals surface area (Å²) in [6.07, 6.45) is 14.1. The van der Waals surface area contributed by atoms with Gasteiger partial charge in [-0.25, -0.2) is 0 Å². The Hall–Kier alpha value is -0.0400. The first-order valence-electron chi connectivity index (χ1n) is 8.52. The van der Waals surface area contributed by atoms with Gasteiger partial charge >= 0.3 is 0 Å². The van der Waals surface area contributed by atoms with Crippen LogP contribution in [-0.2, 0) is 0 Å². The van der Waals surface area contributed by atoms with Crippen molar-refractivity contribution < 1.29 is 0 Å². The minimum absolute atomic E-state index is 0.790. The molecule has 1 N–H and O–H groups in total. The molecule has 2 atom stereocenters. The molecule has 1 nitrogen and oxygen atoms in total. The molecule has 5 saturated carbocycles. The Morgan fingerprint density at radius 2 is 1.56 bits per heavy atom. The van der Waals surface area contributed by atoms with Crippen molar-refractivity contribution in [2.45, 2.75) is 70.8 Å². The van der Waals surface area contributed by atoms with E-state index >= 15 is 0 Å². The lowest BCUT2D eigenvalue weighted by atomic mass is 9.46. The fourth-order valence-electron chi connectivity index (χ4n) is 6.83. The second-order valence-corrected chi connectivity index (χ2v) is 7.98. The van der Waals surface area contributed by atoms with E-state index in [0.29, 0.717) is 0 Å². The highest BCUT2D eigenvalue weighted by molar-refractivity contribution is 5.07. The van der Waals surface area contributed by atoms with Gasteiger partial charge in [-0.1, -0.05) is 13.3 Å². The summed E-state index contributed by atoms with van der Waals surface area (Å²) in [7, 11) is 0. The number of rotatable bonds is 3. The largest absolute Gasteiger partial charge is 0.314 e. The number of nitrogens with one attached hydrogen (secondary N) is 1. The Morgan fingerprint density at radius 3 is 2.11 bits per heavy atom. The van der Waals surface area contributed by atoms with Crippen molar-refractivity contribution in [3.63, 3.8) is 0 Å². The third-order valence-corrected chi connectivity index (χ3v) is 6.85. The topological polar surface area (TPSA) is 12.0 Å². The van der Waals surface area contributed by atoms with E-state index in [9.17, 15) is 0 Å². The molecule has 0 heterocycles. The molecular weight excluding hydrogens is 218 g/mol.